The molecule has 1 fully saturated rings. The molecular formula is C16H24OSi. The topological polar surface area (TPSA) is 17.1 Å². The second-order valence-electron chi connectivity index (χ2n) is 5.64. The van der Waals surface area contributed by atoms with Gasteiger partial charge in [-0.1, -0.05) is 67.7 Å². The highest BCUT2D eigenvalue weighted by molar-refractivity contribution is 6.92. The summed E-state index contributed by atoms with van der Waals surface area (Å²) < 4.78 is 0. The molecule has 0 spiro atoms. The Hall–Kier alpha value is -0.893. The first kappa shape index (κ1) is 13.5. The van der Waals surface area contributed by atoms with E-state index in [-0.39, 0.29) is 0 Å². The minimum atomic E-state index is -1.36. The van der Waals surface area contributed by atoms with Crippen LogP contribution in [0.25, 0.3) is 0 Å². The standard InChI is InChI=1S/C16H24OSi/c1-2-3-7-12-18(13-10-15(17)11-14-18)16-8-5-4-6-9-16/h4-6,8-9H,2-3,7,10-14H2,1H3. The predicted molar refractivity (Wildman–Crippen MR) is 80.0 cm³/mol. The number of unbranched alkanes of at least 4 members (excludes halogenated alkanes) is 2. The lowest BCUT2D eigenvalue weighted by Crippen LogP contribution is -2.50. The van der Waals surface area contributed by atoms with Gasteiger partial charge in [-0.15, -0.1) is 0 Å². The van der Waals surface area contributed by atoms with E-state index >= 15 is 0 Å². The fraction of sp³-hybridized carbons (Fsp3) is 0.562. The smallest absolute Gasteiger partial charge is 0.132 e. The molecule has 1 saturated heterocycles. The summed E-state index contributed by atoms with van der Waals surface area (Å²) in [5.74, 6) is 0.490. The highest BCUT2D eigenvalue weighted by Gasteiger charge is 2.37. The van der Waals surface area contributed by atoms with Crippen molar-refractivity contribution in [2.24, 2.45) is 0 Å². The van der Waals surface area contributed by atoms with Crippen molar-refractivity contribution in [3.05, 3.63) is 30.3 Å². The Labute approximate surface area is 112 Å². The lowest BCUT2D eigenvalue weighted by molar-refractivity contribution is -0.118. The molecule has 1 aliphatic heterocycles. The van der Waals surface area contributed by atoms with Crippen LogP contribution in [0, 0.1) is 0 Å². The van der Waals surface area contributed by atoms with Gasteiger partial charge in [-0.05, 0) is 12.1 Å². The van der Waals surface area contributed by atoms with Gasteiger partial charge in [0.05, 0.1) is 8.07 Å². The summed E-state index contributed by atoms with van der Waals surface area (Å²) in [5.41, 5.74) is 0. The molecule has 1 aliphatic rings. The van der Waals surface area contributed by atoms with Gasteiger partial charge in [0.25, 0.3) is 0 Å². The van der Waals surface area contributed by atoms with Crippen LogP contribution in [-0.4, -0.2) is 13.9 Å². The largest absolute Gasteiger partial charge is 0.300 e. The van der Waals surface area contributed by atoms with Crippen molar-refractivity contribution in [2.75, 3.05) is 0 Å². The van der Waals surface area contributed by atoms with Crippen LogP contribution in [0.3, 0.4) is 0 Å². The summed E-state index contributed by atoms with van der Waals surface area (Å²) in [6.07, 6.45) is 5.67. The fourth-order valence-electron chi connectivity index (χ4n) is 3.20. The molecule has 0 N–H and O–H groups in total. The molecule has 2 heteroatoms. The molecule has 0 unspecified atom stereocenters. The Morgan fingerprint density at radius 1 is 1.06 bits per heavy atom. The van der Waals surface area contributed by atoms with Crippen LogP contribution in [0.5, 0.6) is 0 Å². The van der Waals surface area contributed by atoms with Gasteiger partial charge in [0, 0.05) is 12.8 Å². The second kappa shape index (κ2) is 6.33. The third kappa shape index (κ3) is 3.11. The summed E-state index contributed by atoms with van der Waals surface area (Å²) in [7, 11) is -1.36. The van der Waals surface area contributed by atoms with Crippen molar-refractivity contribution >= 4 is 19.0 Å². The summed E-state index contributed by atoms with van der Waals surface area (Å²) in [5, 5.41) is 1.59. The van der Waals surface area contributed by atoms with Crippen molar-refractivity contribution < 1.29 is 4.79 Å². The lowest BCUT2D eigenvalue weighted by Gasteiger charge is -2.35. The Bertz CT molecular complexity index is 375. The number of hydrogen-bond acceptors (Lipinski definition) is 1. The zero-order valence-electron chi connectivity index (χ0n) is 11.5. The molecule has 1 heterocycles. The van der Waals surface area contributed by atoms with E-state index in [1.54, 1.807) is 5.19 Å². The maximum atomic E-state index is 11.5. The molecule has 1 nitrogen and oxygen atoms in total. The van der Waals surface area contributed by atoms with Gasteiger partial charge in [0.15, 0.2) is 0 Å². The first-order valence-corrected chi connectivity index (χ1v) is 9.96. The molecule has 18 heavy (non-hydrogen) atoms. The highest BCUT2D eigenvalue weighted by atomic mass is 28.3. The molecule has 0 amide bonds. The van der Waals surface area contributed by atoms with Gasteiger partial charge >= 0.3 is 0 Å². The average Bonchev–Trinajstić information content (AvgIpc) is 2.43. The molecule has 1 aromatic carbocycles. The van der Waals surface area contributed by atoms with Gasteiger partial charge in [0.1, 0.15) is 5.78 Å². The van der Waals surface area contributed by atoms with E-state index in [2.05, 4.69) is 37.3 Å². The van der Waals surface area contributed by atoms with E-state index in [0.717, 1.165) is 12.8 Å². The lowest BCUT2D eigenvalue weighted by atomic mass is 10.2. The minimum absolute atomic E-state index is 0.490. The SMILES string of the molecule is CCCCC[Si]1(c2ccccc2)CCC(=O)CC1. The highest BCUT2D eigenvalue weighted by Crippen LogP contribution is 2.31. The third-order valence-corrected chi connectivity index (χ3v) is 9.69. The molecule has 0 bridgehead atoms. The Balaban J connectivity index is 2.14. The van der Waals surface area contributed by atoms with Gasteiger partial charge in [-0.25, -0.2) is 0 Å². The van der Waals surface area contributed by atoms with Crippen molar-refractivity contribution in [2.45, 2.75) is 57.2 Å². The molecule has 98 valence electrons. The number of carbonyl (C=O) groups is 1. The minimum Gasteiger partial charge on any atom is -0.300 e. The molecule has 0 aromatic heterocycles. The van der Waals surface area contributed by atoms with E-state index in [1.807, 2.05) is 0 Å². The van der Waals surface area contributed by atoms with Gasteiger partial charge < -0.3 is 0 Å². The fourth-order valence-corrected chi connectivity index (χ4v) is 8.15. The normalized spacial score (nSPS) is 18.8. The van der Waals surface area contributed by atoms with Crippen LogP contribution in [0.15, 0.2) is 30.3 Å². The summed E-state index contributed by atoms with van der Waals surface area (Å²) in [4.78, 5) is 11.5. The summed E-state index contributed by atoms with van der Waals surface area (Å²) >= 11 is 0. The first-order valence-electron chi connectivity index (χ1n) is 7.34. The Kier molecular flexibility index (Phi) is 4.76. The van der Waals surface area contributed by atoms with Crippen LogP contribution in [0.2, 0.25) is 18.1 Å². The number of benzene rings is 1. The molecular weight excluding hydrogens is 236 g/mol. The monoisotopic (exact) mass is 260 g/mol. The predicted octanol–water partition coefficient (Wildman–Crippen LogP) is 3.90. The first-order chi connectivity index (χ1) is 8.77. The van der Waals surface area contributed by atoms with Crippen molar-refractivity contribution in [3.8, 4) is 0 Å². The van der Waals surface area contributed by atoms with E-state index in [1.165, 1.54) is 37.4 Å². The van der Waals surface area contributed by atoms with E-state index < -0.39 is 8.07 Å². The molecule has 0 atom stereocenters. The number of Topliss-reactive ketones (excluding diaryl/α,β-unsaturated/α-hetero) is 1. The van der Waals surface area contributed by atoms with E-state index in [4.69, 9.17) is 0 Å². The Morgan fingerprint density at radius 2 is 1.72 bits per heavy atom. The maximum absolute atomic E-state index is 11.5. The molecule has 0 aliphatic carbocycles. The molecule has 1 aromatic rings. The van der Waals surface area contributed by atoms with E-state index in [9.17, 15) is 4.79 Å². The van der Waals surface area contributed by atoms with Gasteiger partial charge in [-0.3, -0.25) is 4.79 Å². The van der Waals surface area contributed by atoms with Gasteiger partial charge in [-0.2, -0.15) is 0 Å². The maximum Gasteiger partial charge on any atom is 0.132 e. The molecule has 0 radical (unpaired) electrons. The summed E-state index contributed by atoms with van der Waals surface area (Å²) in [6.45, 7) is 2.27. The Morgan fingerprint density at radius 3 is 2.33 bits per heavy atom. The molecule has 0 saturated carbocycles. The van der Waals surface area contributed by atoms with Crippen LogP contribution >= 0.6 is 0 Å². The van der Waals surface area contributed by atoms with Crippen LogP contribution in [0.1, 0.15) is 39.0 Å². The number of carbonyl (C=O) groups excluding carboxylic acids is 1. The second-order valence-corrected chi connectivity index (χ2v) is 10.3. The average molecular weight is 260 g/mol. The van der Waals surface area contributed by atoms with Crippen molar-refractivity contribution in [1.82, 2.24) is 0 Å². The quantitative estimate of drug-likeness (QED) is 0.580. The van der Waals surface area contributed by atoms with Crippen LogP contribution in [-0.2, 0) is 4.79 Å². The molecule has 2 rings (SSSR count). The number of ketones is 1. The number of rotatable bonds is 5. The number of hydrogen-bond donors (Lipinski definition) is 0. The van der Waals surface area contributed by atoms with Crippen LogP contribution in [0.4, 0.5) is 0 Å². The third-order valence-electron chi connectivity index (χ3n) is 4.41. The van der Waals surface area contributed by atoms with Crippen molar-refractivity contribution in [1.29, 1.82) is 0 Å². The van der Waals surface area contributed by atoms with Crippen molar-refractivity contribution in [3.63, 3.8) is 0 Å². The van der Waals surface area contributed by atoms with Gasteiger partial charge in [0.2, 0.25) is 0 Å². The summed E-state index contributed by atoms with van der Waals surface area (Å²) in [6, 6.07) is 14.8. The zero-order chi connectivity index (χ0) is 12.8. The van der Waals surface area contributed by atoms with E-state index in [0.29, 0.717) is 5.78 Å². The zero-order valence-corrected chi connectivity index (χ0v) is 12.5. The van der Waals surface area contributed by atoms with Crippen LogP contribution < -0.4 is 5.19 Å².